The van der Waals surface area contributed by atoms with Crippen LogP contribution in [0, 0.1) is 10.8 Å². The zero-order valence-corrected chi connectivity index (χ0v) is 17.9. The van der Waals surface area contributed by atoms with Crippen molar-refractivity contribution in [3.63, 3.8) is 0 Å². The third kappa shape index (κ3) is 4.10. The summed E-state index contributed by atoms with van der Waals surface area (Å²) in [6, 6.07) is 0. The van der Waals surface area contributed by atoms with Crippen LogP contribution in [0.15, 0.2) is 0 Å². The van der Waals surface area contributed by atoms with Crippen LogP contribution in [-0.2, 0) is 18.9 Å². The van der Waals surface area contributed by atoms with Crippen LogP contribution < -0.4 is 0 Å². The molecule has 0 aromatic rings. The normalized spacial score (nSPS) is 40.9. The first-order chi connectivity index (χ1) is 12.9. The van der Waals surface area contributed by atoms with Crippen LogP contribution in [0.25, 0.3) is 0 Å². The minimum absolute atomic E-state index is 0.117. The second-order valence-electron chi connectivity index (χ2n) is 10.5. The molecule has 4 heterocycles. The second-order valence-corrected chi connectivity index (χ2v) is 10.5. The summed E-state index contributed by atoms with van der Waals surface area (Å²) in [4.78, 5) is 0. The van der Waals surface area contributed by atoms with Gasteiger partial charge in [0.1, 0.15) is 0 Å². The molecule has 2 unspecified atom stereocenters. The van der Waals surface area contributed by atoms with Gasteiger partial charge in [0.25, 0.3) is 0 Å². The highest BCUT2D eigenvalue weighted by atomic mass is 16.5. The summed E-state index contributed by atoms with van der Waals surface area (Å²) in [5.41, 5.74) is 0.234. The van der Waals surface area contributed by atoms with Gasteiger partial charge in [0.2, 0.25) is 0 Å². The van der Waals surface area contributed by atoms with Gasteiger partial charge < -0.3 is 18.9 Å². The van der Waals surface area contributed by atoms with Crippen molar-refractivity contribution in [1.29, 1.82) is 0 Å². The van der Waals surface area contributed by atoms with Gasteiger partial charge in [-0.15, -0.1) is 0 Å². The summed E-state index contributed by atoms with van der Waals surface area (Å²) in [5, 5.41) is 0. The van der Waals surface area contributed by atoms with Gasteiger partial charge >= 0.3 is 0 Å². The second kappa shape index (κ2) is 7.93. The molecule has 0 bridgehead atoms. The van der Waals surface area contributed by atoms with E-state index >= 15 is 0 Å². The zero-order valence-electron chi connectivity index (χ0n) is 17.9. The lowest BCUT2D eigenvalue weighted by Gasteiger charge is -2.37. The van der Waals surface area contributed by atoms with E-state index in [0.29, 0.717) is 36.6 Å². The van der Waals surface area contributed by atoms with E-state index in [-0.39, 0.29) is 10.8 Å². The molecule has 156 valence electrons. The predicted octanol–water partition coefficient (Wildman–Crippen LogP) is 4.88. The molecular formula is C23H40O4. The van der Waals surface area contributed by atoms with E-state index in [9.17, 15) is 0 Å². The molecule has 0 spiro atoms. The average Bonchev–Trinajstić information content (AvgIpc) is 3.41. The molecule has 6 atom stereocenters. The molecule has 4 heteroatoms. The molecule has 0 aromatic carbocycles. The maximum absolute atomic E-state index is 6.54. The maximum Gasteiger partial charge on any atom is 0.0655 e. The molecule has 4 fully saturated rings. The van der Waals surface area contributed by atoms with E-state index in [1.54, 1.807) is 0 Å². The van der Waals surface area contributed by atoms with Crippen LogP contribution in [0.2, 0.25) is 0 Å². The van der Waals surface area contributed by atoms with Gasteiger partial charge in [-0.3, -0.25) is 0 Å². The minimum Gasteiger partial charge on any atom is -0.378 e. The van der Waals surface area contributed by atoms with E-state index in [2.05, 4.69) is 27.7 Å². The molecule has 0 aliphatic carbocycles. The lowest BCUT2D eigenvalue weighted by molar-refractivity contribution is -0.110. The Bertz CT molecular complexity index is 447. The van der Waals surface area contributed by atoms with Crippen LogP contribution in [0.5, 0.6) is 0 Å². The molecule has 4 aliphatic heterocycles. The van der Waals surface area contributed by atoms with E-state index in [0.717, 1.165) is 32.5 Å². The standard InChI is InChI=1S/C23H40O4/c1-22(2,18-7-5-13-24-18)20-11-9-16(26-20)15-17-10-12-21(27-17)23(3,4)19-8-6-14-25-19/h16-21H,5-15H2,1-4H3/t16?,17?,18-,19+,20-,21+. The van der Waals surface area contributed by atoms with Crippen LogP contribution in [-0.4, -0.2) is 49.8 Å². The summed E-state index contributed by atoms with van der Waals surface area (Å²) in [6.45, 7) is 11.2. The van der Waals surface area contributed by atoms with Crippen LogP contribution in [0.1, 0.15) is 85.5 Å². The van der Waals surface area contributed by atoms with Crippen molar-refractivity contribution in [2.75, 3.05) is 13.2 Å². The topological polar surface area (TPSA) is 36.9 Å². The maximum atomic E-state index is 6.54. The van der Waals surface area contributed by atoms with Crippen molar-refractivity contribution < 1.29 is 18.9 Å². The SMILES string of the molecule is CC(C)([C@@H]1CCCO1)[C@@H]1CCC(CC2CC[C@H](C(C)(C)[C@H]3CCCO3)O2)O1. The van der Waals surface area contributed by atoms with Crippen molar-refractivity contribution in [1.82, 2.24) is 0 Å². The first-order valence-electron chi connectivity index (χ1n) is 11.4. The molecule has 0 radical (unpaired) electrons. The Kier molecular flexibility index (Phi) is 5.91. The fourth-order valence-corrected chi connectivity index (χ4v) is 5.89. The Labute approximate surface area is 165 Å². The molecule has 4 saturated heterocycles. The number of hydrogen-bond acceptors (Lipinski definition) is 4. The lowest BCUT2D eigenvalue weighted by Crippen LogP contribution is -2.41. The summed E-state index contributed by atoms with van der Waals surface area (Å²) in [7, 11) is 0. The van der Waals surface area contributed by atoms with Crippen molar-refractivity contribution in [2.24, 2.45) is 10.8 Å². The quantitative estimate of drug-likeness (QED) is 0.658. The van der Waals surface area contributed by atoms with Crippen LogP contribution >= 0.6 is 0 Å². The Morgan fingerprint density at radius 1 is 0.593 bits per heavy atom. The summed E-state index contributed by atoms with van der Waals surface area (Å²) in [6.07, 6.45) is 12.5. The van der Waals surface area contributed by atoms with Crippen LogP contribution in [0.3, 0.4) is 0 Å². The van der Waals surface area contributed by atoms with Gasteiger partial charge in [-0.1, -0.05) is 27.7 Å². The van der Waals surface area contributed by atoms with Gasteiger partial charge in [0, 0.05) is 24.0 Å². The van der Waals surface area contributed by atoms with Crippen molar-refractivity contribution in [2.45, 2.75) is 122 Å². The van der Waals surface area contributed by atoms with Gasteiger partial charge in [-0.2, -0.15) is 0 Å². The third-order valence-electron chi connectivity index (χ3n) is 7.92. The number of ether oxygens (including phenoxy) is 4. The minimum atomic E-state index is 0.117. The highest BCUT2D eigenvalue weighted by molar-refractivity contribution is 4.95. The van der Waals surface area contributed by atoms with E-state index in [1.807, 2.05) is 0 Å². The molecule has 0 N–H and O–H groups in total. The smallest absolute Gasteiger partial charge is 0.0655 e. The molecule has 4 nitrogen and oxygen atoms in total. The number of rotatable bonds is 6. The number of hydrogen-bond donors (Lipinski definition) is 0. The molecule has 4 rings (SSSR count). The van der Waals surface area contributed by atoms with E-state index in [4.69, 9.17) is 18.9 Å². The van der Waals surface area contributed by atoms with Crippen molar-refractivity contribution in [3.8, 4) is 0 Å². The van der Waals surface area contributed by atoms with Gasteiger partial charge in [0.05, 0.1) is 36.6 Å². The fraction of sp³-hybridized carbons (Fsp3) is 1.00. The van der Waals surface area contributed by atoms with Gasteiger partial charge in [-0.05, 0) is 57.8 Å². The predicted molar refractivity (Wildman–Crippen MR) is 106 cm³/mol. The summed E-state index contributed by atoms with van der Waals surface area (Å²) >= 11 is 0. The van der Waals surface area contributed by atoms with Crippen molar-refractivity contribution >= 4 is 0 Å². The Morgan fingerprint density at radius 3 is 1.41 bits per heavy atom. The molecule has 0 aromatic heterocycles. The van der Waals surface area contributed by atoms with Crippen molar-refractivity contribution in [3.05, 3.63) is 0 Å². The summed E-state index contributed by atoms with van der Waals surface area (Å²) in [5.74, 6) is 0. The highest BCUT2D eigenvalue weighted by Gasteiger charge is 2.47. The Morgan fingerprint density at radius 2 is 1.04 bits per heavy atom. The molecule has 4 aliphatic rings. The zero-order chi connectivity index (χ0) is 19.1. The van der Waals surface area contributed by atoms with Gasteiger partial charge in [0.15, 0.2) is 0 Å². The van der Waals surface area contributed by atoms with Gasteiger partial charge in [-0.25, -0.2) is 0 Å². The largest absolute Gasteiger partial charge is 0.378 e. The first kappa shape index (κ1) is 20.1. The highest BCUT2D eigenvalue weighted by Crippen LogP contribution is 2.44. The average molecular weight is 381 g/mol. The molecule has 0 amide bonds. The lowest BCUT2D eigenvalue weighted by atomic mass is 9.78. The molecule has 0 saturated carbocycles. The Hall–Kier alpha value is -0.160. The van der Waals surface area contributed by atoms with E-state index < -0.39 is 0 Å². The third-order valence-corrected chi connectivity index (χ3v) is 7.92. The van der Waals surface area contributed by atoms with Crippen LogP contribution in [0.4, 0.5) is 0 Å². The monoisotopic (exact) mass is 380 g/mol. The summed E-state index contributed by atoms with van der Waals surface area (Å²) < 4.78 is 25.0. The van der Waals surface area contributed by atoms with E-state index in [1.165, 1.54) is 38.5 Å². The molecule has 27 heavy (non-hydrogen) atoms. The Balaban J connectivity index is 1.27. The molecular weight excluding hydrogens is 340 g/mol. The fourth-order valence-electron chi connectivity index (χ4n) is 5.89. The first-order valence-corrected chi connectivity index (χ1v) is 11.4.